The molecule has 0 radical (unpaired) electrons. The lowest BCUT2D eigenvalue weighted by Crippen LogP contribution is -2.63. The number of anilines is 1. The van der Waals surface area contributed by atoms with Gasteiger partial charge < -0.3 is 43.9 Å². The maximum absolute atomic E-state index is 14.3. The number of aliphatic hydroxyl groups is 1. The number of carbonyl (C=O) groups is 10. The van der Waals surface area contributed by atoms with Gasteiger partial charge in [-0.05, 0) is 57.7 Å². The van der Waals surface area contributed by atoms with Crippen LogP contribution in [0.25, 0.3) is 0 Å². The van der Waals surface area contributed by atoms with Crippen LogP contribution in [0.4, 0.5) is 10.5 Å². The maximum Gasteiger partial charge on any atom is 0.409 e. The number of Topliss-reactive ketones (excluding diaryl/α,β-unsaturated/α-hetero) is 1. The third-order valence-electron chi connectivity index (χ3n) is 14.4. The molecule has 77 heavy (non-hydrogen) atoms. The van der Waals surface area contributed by atoms with Gasteiger partial charge >= 0.3 is 12.1 Å². The van der Waals surface area contributed by atoms with Gasteiger partial charge in [-0.25, -0.2) is 9.59 Å². The van der Waals surface area contributed by atoms with E-state index in [4.69, 9.17) is 35.3 Å². The normalized spacial score (nSPS) is 27.3. The van der Waals surface area contributed by atoms with Gasteiger partial charge in [0, 0.05) is 89.4 Å². The Kier molecular flexibility index (Phi) is 20.1. The first-order valence-electron chi connectivity index (χ1n) is 25.2. The van der Waals surface area contributed by atoms with Crippen molar-refractivity contribution in [3.8, 4) is 5.75 Å². The molecule has 22 nitrogen and oxygen atoms in total. The van der Waals surface area contributed by atoms with Crippen LogP contribution in [0.2, 0.25) is 5.02 Å². The number of carbonyl (C=O) groups excluding carboxylic acids is 10. The second-order valence-electron chi connectivity index (χ2n) is 19.9. The lowest BCUT2D eigenvalue weighted by Gasteiger charge is -2.42. The lowest BCUT2D eigenvalue weighted by molar-refractivity contribution is -0.162. The fourth-order valence-electron chi connectivity index (χ4n) is 9.63. The Morgan fingerprint density at radius 1 is 1.01 bits per heavy atom. The van der Waals surface area contributed by atoms with Gasteiger partial charge in [0.15, 0.2) is 5.72 Å². The minimum absolute atomic E-state index is 0.000113. The fraction of sp³-hybridized carbons (Fsp3) is 0.547. The molecule has 418 valence electrons. The van der Waals surface area contributed by atoms with Gasteiger partial charge in [-0.1, -0.05) is 42.3 Å². The number of hydrogen-bond donors (Lipinski definition) is 3. The van der Waals surface area contributed by atoms with Crippen molar-refractivity contribution in [2.24, 2.45) is 5.92 Å². The molecule has 3 N–H and O–H groups in total. The summed E-state index contributed by atoms with van der Waals surface area (Å²) in [6.07, 6.45) is 4.95. The topological polar surface area (TPSA) is 277 Å². The molecule has 1 aromatic carbocycles. The second kappa shape index (κ2) is 25.8. The number of ether oxygens (including phenoxy) is 5. The van der Waals surface area contributed by atoms with Crippen LogP contribution in [0.5, 0.6) is 5.75 Å². The Bertz CT molecular complexity index is 2610. The van der Waals surface area contributed by atoms with Crippen LogP contribution < -0.4 is 20.3 Å². The zero-order valence-electron chi connectivity index (χ0n) is 44.4. The Hall–Kier alpha value is -6.40. The zero-order chi connectivity index (χ0) is 56.5. The molecule has 8 amide bonds. The predicted molar refractivity (Wildman–Crippen MR) is 280 cm³/mol. The third kappa shape index (κ3) is 14.6. The molecule has 1 aromatic rings. The molecule has 2 fully saturated rings. The molecule has 9 atom stereocenters. The van der Waals surface area contributed by atoms with Crippen molar-refractivity contribution in [1.82, 2.24) is 25.3 Å². The van der Waals surface area contributed by atoms with Crippen molar-refractivity contribution >= 4 is 88.2 Å². The van der Waals surface area contributed by atoms with Gasteiger partial charge in [0.1, 0.15) is 46.5 Å². The van der Waals surface area contributed by atoms with E-state index in [9.17, 15) is 53.1 Å². The summed E-state index contributed by atoms with van der Waals surface area (Å²) in [6, 6.07) is 1.47. The van der Waals surface area contributed by atoms with Crippen LogP contribution in [0.3, 0.4) is 0 Å². The summed E-state index contributed by atoms with van der Waals surface area (Å²) in [7, 11) is 5.83. The number of epoxide rings is 1. The summed E-state index contributed by atoms with van der Waals surface area (Å²) >= 11 is 7.99. The molecule has 5 aliphatic rings. The van der Waals surface area contributed by atoms with Crippen LogP contribution >= 0.6 is 23.4 Å². The average Bonchev–Trinajstić information content (AvgIpc) is 3.91. The van der Waals surface area contributed by atoms with Crippen molar-refractivity contribution in [2.75, 3.05) is 57.8 Å². The van der Waals surface area contributed by atoms with Gasteiger partial charge in [-0.15, -0.1) is 0 Å². The monoisotopic (exact) mass is 1110 g/mol. The summed E-state index contributed by atoms with van der Waals surface area (Å²) in [6.45, 7) is 6.72. The van der Waals surface area contributed by atoms with E-state index in [1.807, 2.05) is 13.0 Å². The van der Waals surface area contributed by atoms with Gasteiger partial charge in [0.25, 0.3) is 23.6 Å². The number of thioether (sulfide) groups is 1. The first-order valence-corrected chi connectivity index (χ1v) is 26.7. The van der Waals surface area contributed by atoms with Crippen molar-refractivity contribution in [2.45, 2.75) is 127 Å². The summed E-state index contributed by atoms with van der Waals surface area (Å²) < 4.78 is 29.3. The van der Waals surface area contributed by atoms with Gasteiger partial charge in [0.05, 0.1) is 43.7 Å². The van der Waals surface area contributed by atoms with E-state index in [0.29, 0.717) is 24.3 Å². The molecule has 0 aliphatic carbocycles. The number of nitrogens with one attached hydrogen (secondary N) is 2. The molecule has 0 aromatic heterocycles. The van der Waals surface area contributed by atoms with Crippen molar-refractivity contribution in [3.05, 3.63) is 70.8 Å². The van der Waals surface area contributed by atoms with Crippen LogP contribution in [0.15, 0.2) is 60.2 Å². The molecule has 8 unspecified atom stereocenters. The number of esters is 1. The van der Waals surface area contributed by atoms with Crippen LogP contribution in [0, 0.1) is 5.92 Å². The summed E-state index contributed by atoms with van der Waals surface area (Å²) in [5, 5.41) is 17.2. The van der Waals surface area contributed by atoms with Crippen LogP contribution in [-0.2, 0) is 68.5 Å². The molecule has 5 heterocycles. The Morgan fingerprint density at radius 3 is 2.35 bits per heavy atom. The fourth-order valence-corrected chi connectivity index (χ4v) is 10.7. The number of hydrogen-bond acceptors (Lipinski definition) is 17. The quantitative estimate of drug-likeness (QED) is 0.0732. The Morgan fingerprint density at radius 2 is 1.69 bits per heavy atom. The van der Waals surface area contributed by atoms with Crippen LogP contribution in [0.1, 0.15) is 78.2 Å². The van der Waals surface area contributed by atoms with E-state index >= 15 is 0 Å². The average molecular weight is 1110 g/mol. The highest BCUT2D eigenvalue weighted by atomic mass is 35.5. The number of amides is 8. The van der Waals surface area contributed by atoms with Crippen LogP contribution in [-0.4, -0.2) is 180 Å². The number of fused-ring (bicyclic) bond motifs is 5. The van der Waals surface area contributed by atoms with Crippen molar-refractivity contribution < 1.29 is 76.7 Å². The lowest BCUT2D eigenvalue weighted by atomic mass is 9.83. The Balaban J connectivity index is 1.02. The predicted octanol–water partition coefficient (Wildman–Crippen LogP) is 3.10. The molecule has 6 rings (SSSR count). The maximum atomic E-state index is 14.3. The van der Waals surface area contributed by atoms with Crippen molar-refractivity contribution in [1.29, 1.82) is 0 Å². The summed E-state index contributed by atoms with van der Waals surface area (Å²) in [5.74, 6) is -4.74. The van der Waals surface area contributed by atoms with E-state index in [0.717, 1.165) is 45.2 Å². The molecule has 5 aliphatic heterocycles. The number of allylic oxidation sites excluding steroid dienone is 3. The number of rotatable bonds is 20. The smallest absolute Gasteiger partial charge is 0.409 e. The van der Waals surface area contributed by atoms with E-state index < -0.39 is 108 Å². The highest BCUT2D eigenvalue weighted by molar-refractivity contribution is 7.99. The molecule has 0 saturated carbocycles. The SMILES string of the molecule is COc1cc2cc(c1Cl)N(C)C(=O)CC(OC(=O)[C@H](C)N(C)C(=O)CCSCC(=O)NCCCC(=O)CCC(CN1C(=O)C=CC1=O)N1C(=O)C=CC1=O)C1(C)OC1C(C)C1CC(O)(NC(=O)O1)C(OC)/C=C/C=C(\C)C2. The van der Waals surface area contributed by atoms with Gasteiger partial charge in [-0.3, -0.25) is 53.5 Å². The molecule has 0 spiro atoms. The van der Waals surface area contributed by atoms with E-state index in [1.165, 1.54) is 56.8 Å². The second-order valence-corrected chi connectivity index (χ2v) is 21.4. The van der Waals surface area contributed by atoms with E-state index in [-0.39, 0.29) is 73.4 Å². The summed E-state index contributed by atoms with van der Waals surface area (Å²) in [4.78, 5) is 134. The summed E-state index contributed by atoms with van der Waals surface area (Å²) in [5.41, 5.74) is -1.23. The number of halogens is 1. The molecule has 24 heteroatoms. The molecule has 2 saturated heterocycles. The molecular weight excluding hydrogens is 1040 g/mol. The van der Waals surface area contributed by atoms with E-state index in [1.54, 1.807) is 38.1 Å². The molecule has 4 bridgehead atoms. The number of likely N-dealkylation sites (N-methyl/N-ethyl adjacent to an activating group) is 1. The van der Waals surface area contributed by atoms with Gasteiger partial charge in [0.2, 0.25) is 17.7 Å². The molecular formula is C53H67ClN6O16S. The Labute approximate surface area is 455 Å². The highest BCUT2D eigenvalue weighted by Gasteiger charge is 2.64. The minimum atomic E-state index is -1.89. The number of methoxy groups -OCH3 is 2. The number of ketones is 1. The van der Waals surface area contributed by atoms with E-state index in [2.05, 4.69) is 10.6 Å². The standard InChI is InChI=1S/C53H67ClN6O16S/c1-30-11-9-13-39(73-8)53(71)27-38(74-51(70)56-53)31(2)49-52(4,76-49)40(26-47(68)58(6)36-24-33(23-30)25-37(72-7)48(36)54)75-50(69)32(3)57(5)42(63)20-22-77-29-41(62)55-21-10-12-35(61)15-14-34(60-45(66)18-19-46(60)67)28-59-43(64)16-17-44(59)65/h9,11,13,16-19,24-25,31-32,34,38-40,49,71H,10,12,14-15,20-23,26-29H2,1-8H3,(H,55,62)(H,56,70)/b13-9+,30-11+/t31?,32-,34?,38?,39?,40?,49?,52?,53?/m0/s1. The zero-order valence-corrected chi connectivity index (χ0v) is 45.9. The highest BCUT2D eigenvalue weighted by Crippen LogP contribution is 2.49. The van der Waals surface area contributed by atoms with Crippen molar-refractivity contribution in [3.63, 3.8) is 0 Å². The van der Waals surface area contributed by atoms with Gasteiger partial charge in [-0.2, -0.15) is 11.8 Å². The number of benzene rings is 1. The first kappa shape index (κ1) is 59.8. The minimum Gasteiger partial charge on any atom is -0.495 e. The first-order chi connectivity index (χ1) is 36.4. The third-order valence-corrected chi connectivity index (χ3v) is 15.8. The number of imide groups is 2. The largest absolute Gasteiger partial charge is 0.495 e. The number of alkyl carbamates (subject to hydrolysis) is 1. The number of nitrogens with zero attached hydrogens (tertiary/aromatic N) is 4.